The molecule has 0 bridgehead atoms. The molecule has 0 heterocycles. The highest BCUT2D eigenvalue weighted by atomic mass is 35.5. The predicted octanol–water partition coefficient (Wildman–Crippen LogP) is -1.44. The van der Waals surface area contributed by atoms with E-state index in [1.54, 1.807) is 0 Å². The number of aliphatic carboxylic acids is 1. The molecule has 8 nitrogen and oxygen atoms in total. The maximum atomic E-state index is 11.6. The summed E-state index contributed by atoms with van der Waals surface area (Å²) in [7, 11) is 0. The third kappa shape index (κ3) is 7.24. The van der Waals surface area contributed by atoms with Crippen molar-refractivity contribution < 1.29 is 24.3 Å². The van der Waals surface area contributed by atoms with E-state index in [0.717, 1.165) is 0 Å². The molecule has 0 unspecified atom stereocenters. The number of halogens is 1. The number of carboxylic acids is 1. The van der Waals surface area contributed by atoms with Crippen molar-refractivity contribution >= 4 is 35.3 Å². The zero-order valence-corrected chi connectivity index (χ0v) is 11.1. The summed E-state index contributed by atoms with van der Waals surface area (Å²) >= 11 is 5.26. The van der Waals surface area contributed by atoms with E-state index in [1.165, 1.54) is 6.92 Å². The Hall–Kier alpha value is -1.83. The normalized spacial score (nSPS) is 13.2. The van der Waals surface area contributed by atoms with Crippen LogP contribution in [0.2, 0.25) is 0 Å². The van der Waals surface area contributed by atoms with Gasteiger partial charge in [0.2, 0.25) is 17.7 Å². The van der Waals surface area contributed by atoms with E-state index in [-0.39, 0.29) is 18.7 Å². The van der Waals surface area contributed by atoms with Crippen LogP contribution in [0.5, 0.6) is 0 Å². The molecule has 0 aliphatic carbocycles. The fraction of sp³-hybridized carbons (Fsp3) is 0.600. The number of hydrogen-bond donors (Lipinski definition) is 4. The first-order chi connectivity index (χ1) is 8.77. The first-order valence-corrected chi connectivity index (χ1v) is 5.98. The Balaban J connectivity index is 4.41. The molecule has 0 aromatic rings. The Labute approximate surface area is 114 Å². The molecular weight excluding hydrogens is 278 g/mol. The van der Waals surface area contributed by atoms with Crippen molar-refractivity contribution in [2.75, 3.05) is 5.88 Å². The molecule has 9 heteroatoms. The lowest BCUT2D eigenvalue weighted by atomic mass is 10.1. The summed E-state index contributed by atoms with van der Waals surface area (Å²) in [6, 6.07) is -2.00. The van der Waals surface area contributed by atoms with Crippen molar-refractivity contribution in [3.8, 4) is 0 Å². The molecule has 0 aromatic heterocycles. The number of nitrogens with one attached hydrogen (secondary N) is 2. The second-order valence-electron chi connectivity index (χ2n) is 3.82. The Bertz CT molecular complexity index is 374. The molecule has 0 aromatic carbocycles. The van der Waals surface area contributed by atoms with Crippen molar-refractivity contribution in [1.29, 1.82) is 0 Å². The monoisotopic (exact) mass is 293 g/mol. The van der Waals surface area contributed by atoms with Crippen LogP contribution in [0.15, 0.2) is 0 Å². The first kappa shape index (κ1) is 17.2. The Morgan fingerprint density at radius 1 is 1.26 bits per heavy atom. The van der Waals surface area contributed by atoms with E-state index < -0.39 is 35.8 Å². The van der Waals surface area contributed by atoms with Gasteiger partial charge in [0.1, 0.15) is 18.0 Å². The van der Waals surface area contributed by atoms with Crippen LogP contribution in [-0.2, 0) is 19.2 Å². The largest absolute Gasteiger partial charge is 0.481 e. The molecule has 2 atom stereocenters. The third-order valence-corrected chi connectivity index (χ3v) is 2.44. The molecule has 0 aliphatic rings. The van der Waals surface area contributed by atoms with Crippen molar-refractivity contribution in [3.05, 3.63) is 0 Å². The number of alkyl halides is 1. The SMILES string of the molecule is C[C@H](NC(=O)CCl)C(=O)N[C@H](CCC(=O)O)C(N)=O. The lowest BCUT2D eigenvalue weighted by molar-refractivity contribution is -0.137. The van der Waals surface area contributed by atoms with Crippen LogP contribution in [0, 0.1) is 0 Å². The number of primary amides is 1. The lowest BCUT2D eigenvalue weighted by Crippen LogP contribution is -2.52. The molecule has 0 saturated heterocycles. The molecule has 3 amide bonds. The molecule has 108 valence electrons. The zero-order valence-electron chi connectivity index (χ0n) is 10.3. The summed E-state index contributed by atoms with van der Waals surface area (Å²) in [5.41, 5.74) is 5.04. The highest BCUT2D eigenvalue weighted by molar-refractivity contribution is 6.27. The number of carbonyl (C=O) groups excluding carboxylic acids is 3. The lowest BCUT2D eigenvalue weighted by Gasteiger charge is -2.18. The second-order valence-corrected chi connectivity index (χ2v) is 4.09. The number of amides is 3. The topological polar surface area (TPSA) is 139 Å². The van der Waals surface area contributed by atoms with Gasteiger partial charge in [0.05, 0.1) is 0 Å². The minimum Gasteiger partial charge on any atom is -0.481 e. The van der Waals surface area contributed by atoms with Crippen LogP contribution in [-0.4, -0.2) is 46.8 Å². The van der Waals surface area contributed by atoms with Crippen LogP contribution < -0.4 is 16.4 Å². The summed E-state index contributed by atoms with van der Waals surface area (Å²) in [5.74, 6) is -3.43. The molecule has 19 heavy (non-hydrogen) atoms. The van der Waals surface area contributed by atoms with Gasteiger partial charge in [0, 0.05) is 6.42 Å². The van der Waals surface area contributed by atoms with Crippen LogP contribution in [0.1, 0.15) is 19.8 Å². The van der Waals surface area contributed by atoms with Gasteiger partial charge in [0.15, 0.2) is 0 Å². The zero-order chi connectivity index (χ0) is 15.0. The van der Waals surface area contributed by atoms with Crippen molar-refractivity contribution in [1.82, 2.24) is 10.6 Å². The van der Waals surface area contributed by atoms with Gasteiger partial charge < -0.3 is 21.5 Å². The smallest absolute Gasteiger partial charge is 0.303 e. The molecule has 5 N–H and O–H groups in total. The van der Waals surface area contributed by atoms with Gasteiger partial charge in [-0.25, -0.2) is 0 Å². The Morgan fingerprint density at radius 2 is 1.84 bits per heavy atom. The second kappa shape index (κ2) is 8.30. The summed E-state index contributed by atoms with van der Waals surface area (Å²) in [6.07, 6.45) is -0.428. The number of carbonyl (C=O) groups is 4. The summed E-state index contributed by atoms with van der Waals surface area (Å²) in [6.45, 7) is 1.40. The van der Waals surface area contributed by atoms with Crippen molar-refractivity contribution in [2.45, 2.75) is 31.8 Å². The maximum Gasteiger partial charge on any atom is 0.303 e. The summed E-state index contributed by atoms with van der Waals surface area (Å²) in [4.78, 5) is 44.0. The standard InChI is InChI=1S/C10H16ClN3O5/c1-5(13-7(15)4-11)10(19)14-6(9(12)18)2-3-8(16)17/h5-6H,2-4H2,1H3,(H2,12,18)(H,13,15)(H,14,19)(H,16,17)/t5-,6+/m0/s1. The highest BCUT2D eigenvalue weighted by Gasteiger charge is 2.22. The number of carboxylic acid groups (broad SMARTS) is 1. The van der Waals surface area contributed by atoms with E-state index in [2.05, 4.69) is 10.6 Å². The predicted molar refractivity (Wildman–Crippen MR) is 66.3 cm³/mol. The van der Waals surface area contributed by atoms with Gasteiger partial charge in [-0.1, -0.05) is 0 Å². The van der Waals surface area contributed by atoms with Crippen LogP contribution >= 0.6 is 11.6 Å². The molecule has 0 saturated carbocycles. The van der Waals surface area contributed by atoms with Gasteiger partial charge in [-0.15, -0.1) is 11.6 Å². The summed E-state index contributed by atoms with van der Waals surface area (Å²) in [5, 5.41) is 13.1. The number of rotatable bonds is 8. The van der Waals surface area contributed by atoms with Crippen LogP contribution in [0.25, 0.3) is 0 Å². The maximum absolute atomic E-state index is 11.6. The fourth-order valence-corrected chi connectivity index (χ4v) is 1.27. The van der Waals surface area contributed by atoms with E-state index in [0.29, 0.717) is 0 Å². The molecule has 0 aliphatic heterocycles. The van der Waals surface area contributed by atoms with Crippen molar-refractivity contribution in [3.63, 3.8) is 0 Å². The van der Waals surface area contributed by atoms with E-state index in [4.69, 9.17) is 22.4 Å². The van der Waals surface area contributed by atoms with E-state index >= 15 is 0 Å². The fourth-order valence-electron chi connectivity index (χ4n) is 1.20. The van der Waals surface area contributed by atoms with Crippen LogP contribution in [0.3, 0.4) is 0 Å². The molecule has 0 fully saturated rings. The molecular formula is C10H16ClN3O5. The van der Waals surface area contributed by atoms with Gasteiger partial charge in [-0.3, -0.25) is 19.2 Å². The van der Waals surface area contributed by atoms with Crippen molar-refractivity contribution in [2.24, 2.45) is 5.73 Å². The van der Waals surface area contributed by atoms with Gasteiger partial charge >= 0.3 is 5.97 Å². The Morgan fingerprint density at radius 3 is 2.26 bits per heavy atom. The Kier molecular flexibility index (Phi) is 7.50. The van der Waals surface area contributed by atoms with E-state index in [9.17, 15) is 19.2 Å². The molecule has 0 radical (unpaired) electrons. The first-order valence-electron chi connectivity index (χ1n) is 5.44. The quantitative estimate of drug-likeness (QED) is 0.406. The number of nitrogens with two attached hydrogens (primary N) is 1. The molecule has 0 spiro atoms. The van der Waals surface area contributed by atoms with Gasteiger partial charge in [-0.2, -0.15) is 0 Å². The number of hydrogen-bond acceptors (Lipinski definition) is 4. The average molecular weight is 294 g/mol. The summed E-state index contributed by atoms with van der Waals surface area (Å²) < 4.78 is 0. The van der Waals surface area contributed by atoms with Crippen LogP contribution in [0.4, 0.5) is 0 Å². The minimum absolute atomic E-state index is 0.118. The molecule has 0 rings (SSSR count). The van der Waals surface area contributed by atoms with Gasteiger partial charge in [-0.05, 0) is 13.3 Å². The third-order valence-electron chi connectivity index (χ3n) is 2.20. The van der Waals surface area contributed by atoms with E-state index in [1.807, 2.05) is 0 Å². The average Bonchev–Trinajstić information content (AvgIpc) is 2.32. The van der Waals surface area contributed by atoms with Gasteiger partial charge in [0.25, 0.3) is 0 Å². The minimum atomic E-state index is -1.11. The highest BCUT2D eigenvalue weighted by Crippen LogP contribution is 1.98.